The van der Waals surface area contributed by atoms with E-state index in [-0.39, 0.29) is 6.10 Å². The zero-order chi connectivity index (χ0) is 13.0. The van der Waals surface area contributed by atoms with Crippen LogP contribution >= 0.6 is 0 Å². The lowest BCUT2D eigenvalue weighted by molar-refractivity contribution is 0.0385. The van der Waals surface area contributed by atoms with E-state index in [2.05, 4.69) is 4.98 Å². The Morgan fingerprint density at radius 2 is 2.33 bits per heavy atom. The summed E-state index contributed by atoms with van der Waals surface area (Å²) in [5.74, 6) is -0.401. The zero-order valence-corrected chi connectivity index (χ0v) is 10.5. The van der Waals surface area contributed by atoms with E-state index < -0.39 is 5.97 Å². The highest BCUT2D eigenvalue weighted by Gasteiger charge is 2.12. The Kier molecular flexibility index (Phi) is 3.94. The van der Waals surface area contributed by atoms with Gasteiger partial charge in [-0.1, -0.05) is 6.07 Å². The molecule has 5 nitrogen and oxygen atoms in total. The maximum absolute atomic E-state index is 11.7. The molecule has 0 saturated heterocycles. The van der Waals surface area contributed by atoms with Gasteiger partial charge in [0, 0.05) is 25.9 Å². The van der Waals surface area contributed by atoms with Crippen LogP contribution in [0, 0.1) is 0 Å². The molecule has 0 fully saturated rings. The van der Waals surface area contributed by atoms with Gasteiger partial charge in [-0.25, -0.2) is 9.78 Å². The number of methoxy groups -OCH3 is 1. The molecule has 0 aromatic carbocycles. The summed E-state index contributed by atoms with van der Waals surface area (Å²) in [5, 5.41) is 0. The van der Waals surface area contributed by atoms with Crippen LogP contribution in [0.5, 0.6) is 0 Å². The molecule has 0 spiro atoms. The van der Waals surface area contributed by atoms with Gasteiger partial charge in [-0.3, -0.25) is 0 Å². The number of hydrogen-bond donors (Lipinski definition) is 0. The van der Waals surface area contributed by atoms with Crippen LogP contribution in [0.25, 0.3) is 5.65 Å². The minimum atomic E-state index is -0.401. The molecule has 2 heterocycles. The summed E-state index contributed by atoms with van der Waals surface area (Å²) >= 11 is 0. The van der Waals surface area contributed by atoms with Crippen molar-refractivity contribution in [1.29, 1.82) is 0 Å². The molecule has 0 bridgehead atoms. The molecule has 0 unspecified atom stereocenters. The number of aromatic nitrogens is 2. The monoisotopic (exact) mass is 248 g/mol. The Hall–Kier alpha value is -1.88. The van der Waals surface area contributed by atoms with Crippen molar-refractivity contribution in [3.8, 4) is 0 Å². The number of nitrogens with zero attached hydrogens (tertiary/aromatic N) is 2. The van der Waals surface area contributed by atoms with Gasteiger partial charge in [0.15, 0.2) is 5.69 Å². The highest BCUT2D eigenvalue weighted by Crippen LogP contribution is 2.06. The predicted molar refractivity (Wildman–Crippen MR) is 66.6 cm³/mol. The number of carbonyl (C=O) groups is 1. The van der Waals surface area contributed by atoms with Gasteiger partial charge in [-0.2, -0.15) is 0 Å². The first-order valence-electron chi connectivity index (χ1n) is 5.84. The Bertz CT molecular complexity index is 503. The van der Waals surface area contributed by atoms with Crippen LogP contribution in [0.15, 0.2) is 30.6 Å². The normalized spacial score (nSPS) is 12.6. The molecule has 0 saturated carbocycles. The third-order valence-corrected chi connectivity index (χ3v) is 2.73. The summed E-state index contributed by atoms with van der Waals surface area (Å²) in [6.07, 6.45) is 4.26. The fourth-order valence-electron chi connectivity index (χ4n) is 1.54. The molecular weight excluding hydrogens is 232 g/mol. The fraction of sp³-hybridized carbons (Fsp3) is 0.385. The molecule has 0 aliphatic carbocycles. The van der Waals surface area contributed by atoms with Crippen LogP contribution in [0.1, 0.15) is 23.8 Å². The lowest BCUT2D eigenvalue weighted by Gasteiger charge is -2.08. The van der Waals surface area contributed by atoms with Gasteiger partial charge in [0.05, 0.1) is 12.7 Å². The molecule has 2 aromatic rings. The standard InChI is InChI=1S/C13H16N2O3/c1-10(17-2)6-8-18-13(16)11-9-15-7-4-3-5-12(15)14-11/h3-5,7,9-10H,6,8H2,1-2H3/t10-/m0/s1. The largest absolute Gasteiger partial charge is 0.461 e. The first-order valence-corrected chi connectivity index (χ1v) is 5.84. The van der Waals surface area contributed by atoms with Crippen LogP contribution < -0.4 is 0 Å². The second-order valence-corrected chi connectivity index (χ2v) is 4.06. The number of esters is 1. The van der Waals surface area contributed by atoms with E-state index >= 15 is 0 Å². The topological polar surface area (TPSA) is 52.8 Å². The average Bonchev–Trinajstić information content (AvgIpc) is 2.82. The summed E-state index contributed by atoms with van der Waals surface area (Å²) in [5.41, 5.74) is 1.06. The van der Waals surface area contributed by atoms with Crippen LogP contribution in [0.3, 0.4) is 0 Å². The average molecular weight is 248 g/mol. The Labute approximate surface area is 105 Å². The lowest BCUT2D eigenvalue weighted by Crippen LogP contribution is -2.13. The third-order valence-electron chi connectivity index (χ3n) is 2.73. The Morgan fingerprint density at radius 3 is 3.06 bits per heavy atom. The smallest absolute Gasteiger partial charge is 0.358 e. The van der Waals surface area contributed by atoms with E-state index in [4.69, 9.17) is 9.47 Å². The molecule has 0 aliphatic rings. The number of hydrogen-bond acceptors (Lipinski definition) is 4. The minimum absolute atomic E-state index is 0.0823. The molecule has 0 amide bonds. The predicted octanol–water partition coefficient (Wildman–Crippen LogP) is 1.92. The van der Waals surface area contributed by atoms with Crippen molar-refractivity contribution in [2.45, 2.75) is 19.4 Å². The third kappa shape index (κ3) is 2.87. The van der Waals surface area contributed by atoms with Crippen molar-refractivity contribution < 1.29 is 14.3 Å². The van der Waals surface area contributed by atoms with Crippen LogP contribution in [0.4, 0.5) is 0 Å². The lowest BCUT2D eigenvalue weighted by atomic mass is 10.3. The highest BCUT2D eigenvalue weighted by atomic mass is 16.5. The van der Waals surface area contributed by atoms with Crippen molar-refractivity contribution in [3.63, 3.8) is 0 Å². The van der Waals surface area contributed by atoms with E-state index in [0.717, 1.165) is 5.65 Å². The Morgan fingerprint density at radius 1 is 1.50 bits per heavy atom. The summed E-state index contributed by atoms with van der Waals surface area (Å²) in [7, 11) is 1.63. The number of rotatable bonds is 5. The summed E-state index contributed by atoms with van der Waals surface area (Å²) in [6.45, 7) is 2.26. The molecule has 0 aliphatic heterocycles. The number of imidazole rings is 1. The van der Waals surface area contributed by atoms with E-state index in [1.54, 1.807) is 17.7 Å². The number of fused-ring (bicyclic) bond motifs is 1. The zero-order valence-electron chi connectivity index (χ0n) is 10.5. The van der Waals surface area contributed by atoms with Crippen molar-refractivity contribution in [2.75, 3.05) is 13.7 Å². The highest BCUT2D eigenvalue weighted by molar-refractivity contribution is 5.87. The fourth-order valence-corrected chi connectivity index (χ4v) is 1.54. The number of pyridine rings is 1. The van der Waals surface area contributed by atoms with Crippen molar-refractivity contribution in [2.24, 2.45) is 0 Å². The molecule has 1 atom stereocenters. The summed E-state index contributed by atoms with van der Waals surface area (Å²) in [6, 6.07) is 5.59. The van der Waals surface area contributed by atoms with E-state index in [1.807, 2.05) is 31.3 Å². The van der Waals surface area contributed by atoms with Crippen molar-refractivity contribution in [1.82, 2.24) is 9.38 Å². The molecule has 2 rings (SSSR count). The molecule has 96 valence electrons. The second-order valence-electron chi connectivity index (χ2n) is 4.06. The van der Waals surface area contributed by atoms with E-state index in [0.29, 0.717) is 18.7 Å². The summed E-state index contributed by atoms with van der Waals surface area (Å²) < 4.78 is 12.0. The maximum atomic E-state index is 11.7. The Balaban J connectivity index is 1.96. The molecule has 0 radical (unpaired) electrons. The van der Waals surface area contributed by atoms with E-state index in [9.17, 15) is 4.79 Å². The van der Waals surface area contributed by atoms with Crippen LogP contribution in [-0.2, 0) is 9.47 Å². The molecule has 18 heavy (non-hydrogen) atoms. The molecule has 2 aromatic heterocycles. The van der Waals surface area contributed by atoms with Gasteiger partial charge < -0.3 is 13.9 Å². The first-order chi connectivity index (χ1) is 8.70. The van der Waals surface area contributed by atoms with Gasteiger partial charge in [-0.05, 0) is 19.1 Å². The van der Waals surface area contributed by atoms with E-state index in [1.165, 1.54) is 0 Å². The SMILES string of the molecule is CO[C@@H](C)CCOC(=O)c1cn2ccccc2n1. The molecule has 0 N–H and O–H groups in total. The summed E-state index contributed by atoms with van der Waals surface area (Å²) in [4.78, 5) is 15.9. The van der Waals surface area contributed by atoms with Crippen LogP contribution in [0.2, 0.25) is 0 Å². The number of ether oxygens (including phenoxy) is 2. The van der Waals surface area contributed by atoms with Gasteiger partial charge >= 0.3 is 5.97 Å². The maximum Gasteiger partial charge on any atom is 0.358 e. The van der Waals surface area contributed by atoms with Gasteiger partial charge in [0.2, 0.25) is 0 Å². The van der Waals surface area contributed by atoms with Gasteiger partial charge in [0.1, 0.15) is 5.65 Å². The number of carbonyl (C=O) groups excluding carboxylic acids is 1. The first kappa shape index (κ1) is 12.6. The van der Waals surface area contributed by atoms with Crippen molar-refractivity contribution >= 4 is 11.6 Å². The molecular formula is C13H16N2O3. The molecule has 5 heteroatoms. The quantitative estimate of drug-likeness (QED) is 0.758. The minimum Gasteiger partial charge on any atom is -0.461 e. The van der Waals surface area contributed by atoms with Crippen molar-refractivity contribution in [3.05, 3.63) is 36.3 Å². The second kappa shape index (κ2) is 5.64. The van der Waals surface area contributed by atoms with Gasteiger partial charge in [-0.15, -0.1) is 0 Å². The van der Waals surface area contributed by atoms with Crippen LogP contribution in [-0.4, -0.2) is 35.2 Å². The van der Waals surface area contributed by atoms with Gasteiger partial charge in [0.25, 0.3) is 0 Å².